The molecule has 2 aromatic carbocycles. The summed E-state index contributed by atoms with van der Waals surface area (Å²) >= 11 is 0. The normalized spacial score (nSPS) is 10.6. The van der Waals surface area contributed by atoms with E-state index in [4.69, 9.17) is 14.0 Å². The number of rotatable bonds is 4. The molecular formula is C16H14N2O5. The third-order valence-corrected chi connectivity index (χ3v) is 3.16. The van der Waals surface area contributed by atoms with Crippen LogP contribution < -0.4 is 9.57 Å². The molecule has 0 saturated heterocycles. The number of benzene rings is 2. The summed E-state index contributed by atoms with van der Waals surface area (Å²) in [6, 6.07) is 12.3. The van der Waals surface area contributed by atoms with Gasteiger partial charge in [-0.05, 0) is 35.6 Å². The molecule has 0 bridgehead atoms. The maximum atomic E-state index is 11.0. The van der Waals surface area contributed by atoms with Crippen LogP contribution in [0.4, 0.5) is 0 Å². The van der Waals surface area contributed by atoms with Gasteiger partial charge in [0.05, 0.1) is 7.11 Å². The average Bonchev–Trinajstić information content (AvgIpc) is 2.99. The van der Waals surface area contributed by atoms with Crippen molar-refractivity contribution in [3.05, 3.63) is 42.5 Å². The van der Waals surface area contributed by atoms with Crippen molar-refractivity contribution in [1.82, 2.24) is 10.2 Å². The topological polar surface area (TPSA) is 85.0 Å². The summed E-state index contributed by atoms with van der Waals surface area (Å²) in [5.74, 6) is 0.286. The number of carbonyl (C=O) groups excluding carboxylic acids is 1. The monoisotopic (exact) mass is 314 g/mol. The summed E-state index contributed by atoms with van der Waals surface area (Å²) in [7, 11) is 1.45. The summed E-state index contributed by atoms with van der Waals surface area (Å²) in [5.41, 5.74) is 2.11. The molecule has 0 aliphatic rings. The second-order valence-electron chi connectivity index (χ2n) is 4.74. The average molecular weight is 314 g/mol. The van der Waals surface area contributed by atoms with E-state index < -0.39 is 5.91 Å². The molecule has 3 aromatic rings. The molecule has 0 unspecified atom stereocenters. The molecule has 1 amide bonds. The van der Waals surface area contributed by atoms with Crippen molar-refractivity contribution in [1.29, 1.82) is 0 Å². The van der Waals surface area contributed by atoms with E-state index in [1.165, 1.54) is 14.0 Å². The van der Waals surface area contributed by atoms with E-state index in [0.29, 0.717) is 22.8 Å². The minimum Gasteiger partial charge on any atom is -0.493 e. The van der Waals surface area contributed by atoms with Crippen LogP contribution in [0.1, 0.15) is 6.92 Å². The second-order valence-corrected chi connectivity index (χ2v) is 4.74. The number of oxazole rings is 1. The lowest BCUT2D eigenvalue weighted by Gasteiger charge is -2.15. The summed E-state index contributed by atoms with van der Waals surface area (Å²) in [6.45, 7) is 1.17. The minimum atomic E-state index is -0.657. The number of methoxy groups -OCH3 is 1. The standard InChI is InChI=1S/C16H14N2O5/c1-10(19)18(20)23-14-8-7-11(9-15(14)21-2)16-17-12-5-3-4-6-13(12)22-16/h3-9,20H,1-2H3. The van der Waals surface area contributed by atoms with Gasteiger partial charge in [-0.3, -0.25) is 10.0 Å². The molecule has 1 aromatic heterocycles. The molecule has 0 atom stereocenters. The first-order valence-corrected chi connectivity index (χ1v) is 6.80. The van der Waals surface area contributed by atoms with Crippen LogP contribution in [-0.2, 0) is 4.79 Å². The molecule has 0 aliphatic heterocycles. The zero-order valence-electron chi connectivity index (χ0n) is 12.5. The molecule has 0 spiro atoms. The fraction of sp³-hybridized carbons (Fsp3) is 0.125. The number of aromatic nitrogens is 1. The van der Waals surface area contributed by atoms with E-state index in [1.54, 1.807) is 18.2 Å². The Kier molecular flexibility index (Phi) is 3.86. The largest absolute Gasteiger partial charge is 0.493 e. The van der Waals surface area contributed by atoms with E-state index in [1.807, 2.05) is 24.3 Å². The van der Waals surface area contributed by atoms with Gasteiger partial charge < -0.3 is 14.0 Å². The second kappa shape index (κ2) is 5.98. The van der Waals surface area contributed by atoms with Crippen molar-refractivity contribution in [3.63, 3.8) is 0 Å². The third-order valence-electron chi connectivity index (χ3n) is 3.16. The summed E-state index contributed by atoms with van der Waals surface area (Å²) in [5, 5.41) is 9.49. The van der Waals surface area contributed by atoms with Crippen molar-refractivity contribution in [2.24, 2.45) is 0 Å². The van der Waals surface area contributed by atoms with Crippen LogP contribution in [-0.4, -0.2) is 28.4 Å². The number of ether oxygens (including phenoxy) is 1. The van der Waals surface area contributed by atoms with Gasteiger partial charge in [-0.15, -0.1) is 0 Å². The number of hydroxylamine groups is 2. The van der Waals surface area contributed by atoms with Crippen LogP contribution in [0.25, 0.3) is 22.6 Å². The van der Waals surface area contributed by atoms with Crippen LogP contribution in [0.5, 0.6) is 11.5 Å². The minimum absolute atomic E-state index is 0.136. The quantitative estimate of drug-likeness (QED) is 0.588. The van der Waals surface area contributed by atoms with Gasteiger partial charge >= 0.3 is 0 Å². The molecule has 0 radical (unpaired) electrons. The van der Waals surface area contributed by atoms with Gasteiger partial charge in [-0.25, -0.2) is 4.98 Å². The van der Waals surface area contributed by atoms with E-state index in [9.17, 15) is 10.0 Å². The van der Waals surface area contributed by atoms with Crippen molar-refractivity contribution in [2.45, 2.75) is 6.92 Å². The first kappa shape index (κ1) is 14.9. The smallest absolute Gasteiger partial charge is 0.281 e. The lowest BCUT2D eigenvalue weighted by atomic mass is 10.2. The Morgan fingerprint density at radius 3 is 2.70 bits per heavy atom. The molecule has 0 fully saturated rings. The number of hydrogen-bond acceptors (Lipinski definition) is 6. The molecule has 1 N–H and O–H groups in total. The van der Waals surface area contributed by atoms with Crippen LogP contribution in [0.3, 0.4) is 0 Å². The van der Waals surface area contributed by atoms with Crippen molar-refractivity contribution in [3.8, 4) is 23.0 Å². The Balaban J connectivity index is 1.96. The highest BCUT2D eigenvalue weighted by Gasteiger charge is 2.15. The summed E-state index contributed by atoms with van der Waals surface area (Å²) in [6.07, 6.45) is 0. The lowest BCUT2D eigenvalue weighted by molar-refractivity contribution is -0.263. The first-order valence-electron chi connectivity index (χ1n) is 6.80. The SMILES string of the molecule is COc1cc(-c2nc3ccccc3o2)ccc1ON(O)C(C)=O. The number of para-hydroxylation sites is 2. The molecule has 0 saturated carbocycles. The number of nitrogens with zero attached hydrogens (tertiary/aromatic N) is 2. The van der Waals surface area contributed by atoms with Crippen LogP contribution in [0.2, 0.25) is 0 Å². The fourth-order valence-electron chi connectivity index (χ4n) is 2.03. The van der Waals surface area contributed by atoms with E-state index in [0.717, 1.165) is 5.52 Å². The fourth-order valence-corrected chi connectivity index (χ4v) is 2.03. The molecule has 1 heterocycles. The summed E-state index contributed by atoms with van der Waals surface area (Å²) < 4.78 is 10.9. The Hall–Kier alpha value is -3.06. The molecular weight excluding hydrogens is 300 g/mol. The maximum absolute atomic E-state index is 11.0. The molecule has 118 valence electrons. The molecule has 7 nitrogen and oxygen atoms in total. The molecule has 23 heavy (non-hydrogen) atoms. The first-order chi connectivity index (χ1) is 11.1. The third kappa shape index (κ3) is 2.95. The highest BCUT2D eigenvalue weighted by molar-refractivity contribution is 5.76. The van der Waals surface area contributed by atoms with Gasteiger partial charge in [-0.2, -0.15) is 0 Å². The number of fused-ring (bicyclic) bond motifs is 1. The number of carbonyl (C=O) groups is 1. The highest BCUT2D eigenvalue weighted by Crippen LogP contribution is 2.33. The molecule has 3 rings (SSSR count). The summed E-state index contributed by atoms with van der Waals surface area (Å²) in [4.78, 5) is 20.4. The van der Waals surface area contributed by atoms with Gasteiger partial charge in [0.2, 0.25) is 5.89 Å². The Bertz CT molecular complexity index is 826. The van der Waals surface area contributed by atoms with Crippen molar-refractivity contribution >= 4 is 17.0 Å². The van der Waals surface area contributed by atoms with Crippen LogP contribution in [0, 0.1) is 0 Å². The van der Waals surface area contributed by atoms with Gasteiger partial charge in [0.1, 0.15) is 5.52 Å². The maximum Gasteiger partial charge on any atom is 0.281 e. The van der Waals surface area contributed by atoms with Crippen molar-refractivity contribution < 1.29 is 24.0 Å². The van der Waals surface area contributed by atoms with E-state index in [2.05, 4.69) is 4.98 Å². The van der Waals surface area contributed by atoms with Crippen LogP contribution in [0.15, 0.2) is 46.9 Å². The highest BCUT2D eigenvalue weighted by atomic mass is 16.9. The van der Waals surface area contributed by atoms with Gasteiger partial charge in [-0.1, -0.05) is 12.1 Å². The predicted molar refractivity (Wildman–Crippen MR) is 80.9 cm³/mol. The van der Waals surface area contributed by atoms with Gasteiger partial charge in [0, 0.05) is 12.5 Å². The zero-order chi connectivity index (χ0) is 16.4. The molecule has 0 aliphatic carbocycles. The number of hydrogen-bond donors (Lipinski definition) is 1. The predicted octanol–water partition coefficient (Wildman–Crippen LogP) is 3.03. The van der Waals surface area contributed by atoms with Crippen LogP contribution >= 0.6 is 0 Å². The Morgan fingerprint density at radius 1 is 1.22 bits per heavy atom. The Morgan fingerprint density at radius 2 is 2.00 bits per heavy atom. The Labute approximate surface area is 131 Å². The van der Waals surface area contributed by atoms with Gasteiger partial charge in [0.25, 0.3) is 5.91 Å². The van der Waals surface area contributed by atoms with E-state index >= 15 is 0 Å². The van der Waals surface area contributed by atoms with Gasteiger partial charge in [0.15, 0.2) is 17.1 Å². The zero-order valence-corrected chi connectivity index (χ0v) is 12.5. The molecule has 7 heteroatoms. The van der Waals surface area contributed by atoms with Crippen molar-refractivity contribution in [2.75, 3.05) is 7.11 Å². The number of amides is 1. The lowest BCUT2D eigenvalue weighted by Crippen LogP contribution is -2.28. The van der Waals surface area contributed by atoms with E-state index in [-0.39, 0.29) is 11.0 Å².